The second-order valence-electron chi connectivity index (χ2n) is 5.34. The fourth-order valence-electron chi connectivity index (χ4n) is 2.60. The van der Waals surface area contributed by atoms with Crippen molar-refractivity contribution >= 4 is 38.5 Å². The molecular weight excluding hydrogens is 306 g/mol. The molecule has 116 valence electrons. The maximum atomic E-state index is 11.8. The van der Waals surface area contributed by atoms with E-state index in [1.807, 2.05) is 12.1 Å². The van der Waals surface area contributed by atoms with Gasteiger partial charge in [-0.2, -0.15) is 0 Å². The van der Waals surface area contributed by atoms with Crippen LogP contribution in [0.25, 0.3) is 0 Å². The number of nitrogens with zero attached hydrogens (tertiary/aromatic N) is 1. The van der Waals surface area contributed by atoms with E-state index in [0.717, 1.165) is 31.6 Å². The number of sulfone groups is 1. The van der Waals surface area contributed by atoms with Gasteiger partial charge in [-0.05, 0) is 43.3 Å². The fraction of sp³-hybridized carbons (Fsp3) is 0.500. The molecule has 1 heterocycles. The highest BCUT2D eigenvalue weighted by molar-refractivity contribution is 7.90. The Labute approximate surface area is 131 Å². The number of thiocarbonyl (C=S) groups is 1. The summed E-state index contributed by atoms with van der Waals surface area (Å²) in [6.45, 7) is 1.98. The zero-order valence-corrected chi connectivity index (χ0v) is 13.8. The summed E-state index contributed by atoms with van der Waals surface area (Å²) in [5.41, 5.74) is 6.96. The molecule has 1 aliphatic heterocycles. The van der Waals surface area contributed by atoms with Crippen LogP contribution >= 0.6 is 12.2 Å². The van der Waals surface area contributed by atoms with Gasteiger partial charge in [0.05, 0.1) is 10.6 Å². The number of hydrogen-bond donors (Lipinski definition) is 2. The average molecular weight is 327 g/mol. The molecule has 0 aromatic heterocycles. The lowest BCUT2D eigenvalue weighted by Crippen LogP contribution is -2.25. The number of benzene rings is 1. The predicted molar refractivity (Wildman–Crippen MR) is 90.6 cm³/mol. The molecule has 7 heteroatoms. The molecule has 0 saturated carbocycles. The molecule has 0 aliphatic carbocycles. The first-order chi connectivity index (χ1) is 9.88. The average Bonchev–Trinajstić information content (AvgIpc) is 2.65. The lowest BCUT2D eigenvalue weighted by Gasteiger charge is -2.24. The lowest BCUT2D eigenvalue weighted by molar-refractivity contribution is 0.602. The molecule has 3 N–H and O–H groups in total. The zero-order valence-electron chi connectivity index (χ0n) is 12.1. The molecule has 0 radical (unpaired) electrons. The van der Waals surface area contributed by atoms with Gasteiger partial charge in [0.15, 0.2) is 14.9 Å². The van der Waals surface area contributed by atoms with E-state index in [4.69, 9.17) is 18.0 Å². The molecule has 1 aromatic rings. The van der Waals surface area contributed by atoms with Gasteiger partial charge in [0.2, 0.25) is 0 Å². The molecule has 1 saturated heterocycles. The molecule has 0 unspecified atom stereocenters. The predicted octanol–water partition coefficient (Wildman–Crippen LogP) is 2.13. The van der Waals surface area contributed by atoms with Crippen LogP contribution in [-0.4, -0.2) is 32.9 Å². The molecule has 2 rings (SSSR count). The smallest absolute Gasteiger partial charge is 0.177 e. The number of nitrogens with two attached hydrogens (primary N) is 1. The van der Waals surface area contributed by atoms with Crippen molar-refractivity contribution in [2.24, 2.45) is 5.73 Å². The summed E-state index contributed by atoms with van der Waals surface area (Å²) < 4.78 is 23.7. The van der Waals surface area contributed by atoms with E-state index in [2.05, 4.69) is 10.2 Å². The number of hydrogen-bond acceptors (Lipinski definition) is 4. The Hall–Kier alpha value is -1.34. The van der Waals surface area contributed by atoms with Gasteiger partial charge in [-0.25, -0.2) is 8.42 Å². The molecule has 0 bridgehead atoms. The third-order valence-electron chi connectivity index (χ3n) is 3.59. The van der Waals surface area contributed by atoms with Crippen LogP contribution in [0.5, 0.6) is 0 Å². The largest absolute Gasteiger partial charge is 0.376 e. The Morgan fingerprint density at radius 1 is 1.24 bits per heavy atom. The Morgan fingerprint density at radius 2 is 1.86 bits per heavy atom. The van der Waals surface area contributed by atoms with Gasteiger partial charge in [0, 0.05) is 25.0 Å². The maximum absolute atomic E-state index is 11.8. The molecule has 21 heavy (non-hydrogen) atoms. The molecule has 1 aromatic carbocycles. The van der Waals surface area contributed by atoms with E-state index in [9.17, 15) is 8.42 Å². The third-order valence-corrected chi connectivity index (χ3v) is 4.85. The van der Waals surface area contributed by atoms with Crippen LogP contribution < -0.4 is 16.0 Å². The number of nitrogens with one attached hydrogen (secondary N) is 1. The molecule has 0 atom stereocenters. The Balaban J connectivity index is 2.38. The van der Waals surface area contributed by atoms with E-state index in [0.29, 0.717) is 5.69 Å². The van der Waals surface area contributed by atoms with E-state index < -0.39 is 9.84 Å². The Morgan fingerprint density at radius 3 is 2.38 bits per heavy atom. The molecule has 1 aliphatic rings. The van der Waals surface area contributed by atoms with Crippen LogP contribution in [0.15, 0.2) is 23.1 Å². The minimum atomic E-state index is -3.33. The number of rotatable bonds is 3. The van der Waals surface area contributed by atoms with Crippen LogP contribution in [0.2, 0.25) is 0 Å². The van der Waals surface area contributed by atoms with Crippen LogP contribution in [0.1, 0.15) is 25.7 Å². The van der Waals surface area contributed by atoms with Crippen molar-refractivity contribution in [3.63, 3.8) is 0 Å². The van der Waals surface area contributed by atoms with Crippen molar-refractivity contribution in [3.05, 3.63) is 18.2 Å². The quantitative estimate of drug-likeness (QED) is 0.828. The van der Waals surface area contributed by atoms with Crippen LogP contribution in [0.3, 0.4) is 0 Å². The topological polar surface area (TPSA) is 75.4 Å². The van der Waals surface area contributed by atoms with Gasteiger partial charge in [-0.3, -0.25) is 0 Å². The van der Waals surface area contributed by atoms with Crippen molar-refractivity contribution < 1.29 is 8.42 Å². The van der Waals surface area contributed by atoms with Crippen molar-refractivity contribution in [1.82, 2.24) is 0 Å². The maximum Gasteiger partial charge on any atom is 0.177 e. The molecule has 0 amide bonds. The van der Waals surface area contributed by atoms with Crippen LogP contribution in [0.4, 0.5) is 11.4 Å². The SMILES string of the molecule is CS(=O)(=O)c1ccc(N2CCCCCC2)cc1NC(N)=S. The van der Waals surface area contributed by atoms with Gasteiger partial charge >= 0.3 is 0 Å². The van der Waals surface area contributed by atoms with Gasteiger partial charge in [-0.1, -0.05) is 12.8 Å². The first-order valence-electron chi connectivity index (χ1n) is 7.03. The van der Waals surface area contributed by atoms with Crippen molar-refractivity contribution in [3.8, 4) is 0 Å². The van der Waals surface area contributed by atoms with E-state index >= 15 is 0 Å². The van der Waals surface area contributed by atoms with Gasteiger partial charge < -0.3 is 16.0 Å². The monoisotopic (exact) mass is 327 g/mol. The Kier molecular flexibility index (Phi) is 5.05. The minimum Gasteiger partial charge on any atom is -0.376 e. The highest BCUT2D eigenvalue weighted by Crippen LogP contribution is 2.28. The van der Waals surface area contributed by atoms with Gasteiger partial charge in [0.25, 0.3) is 0 Å². The van der Waals surface area contributed by atoms with Crippen LogP contribution in [0, 0.1) is 0 Å². The summed E-state index contributed by atoms with van der Waals surface area (Å²) in [5, 5.41) is 2.84. The molecule has 1 fully saturated rings. The second-order valence-corrected chi connectivity index (χ2v) is 7.77. The second kappa shape index (κ2) is 6.62. The standard InChI is InChI=1S/C14H21N3O2S2/c1-21(18,19)13-7-6-11(10-12(13)16-14(15)20)17-8-4-2-3-5-9-17/h6-7,10H,2-5,8-9H2,1H3,(H3,15,16,20). The summed E-state index contributed by atoms with van der Waals surface area (Å²) in [4.78, 5) is 2.50. The van der Waals surface area contributed by atoms with E-state index in [-0.39, 0.29) is 10.0 Å². The van der Waals surface area contributed by atoms with Crippen LogP contribution in [-0.2, 0) is 9.84 Å². The fourth-order valence-corrected chi connectivity index (χ4v) is 3.53. The lowest BCUT2D eigenvalue weighted by atomic mass is 10.2. The van der Waals surface area contributed by atoms with Gasteiger partial charge in [0.1, 0.15) is 0 Å². The summed E-state index contributed by atoms with van der Waals surface area (Å²) >= 11 is 4.84. The summed E-state index contributed by atoms with van der Waals surface area (Å²) in [5.74, 6) is 0. The van der Waals surface area contributed by atoms with Crippen molar-refractivity contribution in [2.45, 2.75) is 30.6 Å². The van der Waals surface area contributed by atoms with Gasteiger partial charge in [-0.15, -0.1) is 0 Å². The van der Waals surface area contributed by atoms with E-state index in [1.165, 1.54) is 19.1 Å². The summed E-state index contributed by atoms with van der Waals surface area (Å²) in [6, 6.07) is 5.30. The molecule has 0 spiro atoms. The first kappa shape index (κ1) is 16.0. The zero-order chi connectivity index (χ0) is 15.5. The normalized spacial score (nSPS) is 16.3. The highest BCUT2D eigenvalue weighted by atomic mass is 32.2. The van der Waals surface area contributed by atoms with Crippen molar-refractivity contribution in [1.29, 1.82) is 0 Å². The molecule has 5 nitrogen and oxygen atoms in total. The first-order valence-corrected chi connectivity index (χ1v) is 9.33. The molecular formula is C14H21N3O2S2. The summed E-state index contributed by atoms with van der Waals surface area (Å²) in [7, 11) is -3.33. The minimum absolute atomic E-state index is 0.0629. The van der Waals surface area contributed by atoms with Crippen molar-refractivity contribution in [2.75, 3.05) is 29.6 Å². The third kappa shape index (κ3) is 4.31. The summed E-state index contributed by atoms with van der Waals surface area (Å²) in [6.07, 6.45) is 5.99. The Bertz CT molecular complexity index is 621. The highest BCUT2D eigenvalue weighted by Gasteiger charge is 2.17. The number of anilines is 2. The van der Waals surface area contributed by atoms with E-state index in [1.54, 1.807) is 6.07 Å².